The number of ether oxygens (including phenoxy) is 1. The standard InChI is InChI=1S/C18H21N3O3S/c1-4-5-6-7-15-20-21-18(25-15)19-17(22)16-11(2)13-10-12(23-3)8-9-14(13)24-16/h8-10H,4-7H2,1-3H3,(H,19,21,22). The van der Waals surface area contributed by atoms with Gasteiger partial charge in [0.05, 0.1) is 7.11 Å². The minimum Gasteiger partial charge on any atom is -0.497 e. The molecule has 7 heteroatoms. The molecule has 1 N–H and O–H groups in total. The van der Waals surface area contributed by atoms with E-state index in [2.05, 4.69) is 22.4 Å². The van der Waals surface area contributed by atoms with E-state index < -0.39 is 0 Å². The van der Waals surface area contributed by atoms with Crippen LogP contribution < -0.4 is 10.1 Å². The van der Waals surface area contributed by atoms with E-state index in [1.54, 1.807) is 19.2 Å². The van der Waals surface area contributed by atoms with Crippen LogP contribution in [-0.4, -0.2) is 23.2 Å². The molecule has 0 aliphatic carbocycles. The Hall–Kier alpha value is -2.41. The quantitative estimate of drug-likeness (QED) is 0.625. The number of hydrogen-bond acceptors (Lipinski definition) is 6. The molecule has 1 aromatic carbocycles. The van der Waals surface area contributed by atoms with Crippen molar-refractivity contribution in [2.45, 2.75) is 39.5 Å². The van der Waals surface area contributed by atoms with E-state index >= 15 is 0 Å². The summed E-state index contributed by atoms with van der Waals surface area (Å²) in [6.07, 6.45) is 4.32. The molecule has 132 valence electrons. The SMILES string of the molecule is CCCCCc1nnc(NC(=O)c2oc3ccc(OC)cc3c2C)s1. The fourth-order valence-electron chi connectivity index (χ4n) is 2.63. The minimum absolute atomic E-state index is 0.283. The van der Waals surface area contributed by atoms with E-state index in [9.17, 15) is 4.79 Å². The van der Waals surface area contributed by atoms with Crippen LogP contribution in [0, 0.1) is 6.92 Å². The predicted octanol–water partition coefficient (Wildman–Crippen LogP) is 4.59. The second-order valence-electron chi connectivity index (χ2n) is 5.83. The lowest BCUT2D eigenvalue weighted by Crippen LogP contribution is -2.11. The number of amides is 1. The average Bonchev–Trinajstić information content (AvgIpc) is 3.19. The van der Waals surface area contributed by atoms with Gasteiger partial charge in [-0.3, -0.25) is 10.1 Å². The summed E-state index contributed by atoms with van der Waals surface area (Å²) in [4.78, 5) is 12.5. The van der Waals surface area contributed by atoms with Gasteiger partial charge in [-0.25, -0.2) is 0 Å². The van der Waals surface area contributed by atoms with Crippen LogP contribution in [-0.2, 0) is 6.42 Å². The van der Waals surface area contributed by atoms with Crippen molar-refractivity contribution in [1.29, 1.82) is 0 Å². The fraction of sp³-hybridized carbons (Fsp3) is 0.389. The zero-order valence-corrected chi connectivity index (χ0v) is 15.4. The van der Waals surface area contributed by atoms with Crippen LogP contribution in [0.1, 0.15) is 47.3 Å². The Morgan fingerprint density at radius 1 is 1.32 bits per heavy atom. The fourth-order valence-corrected chi connectivity index (χ4v) is 3.41. The highest BCUT2D eigenvalue weighted by atomic mass is 32.1. The molecule has 1 amide bonds. The van der Waals surface area contributed by atoms with Crippen LogP contribution in [0.3, 0.4) is 0 Å². The lowest BCUT2D eigenvalue weighted by molar-refractivity contribution is 0.0998. The second-order valence-corrected chi connectivity index (χ2v) is 6.89. The molecule has 25 heavy (non-hydrogen) atoms. The van der Waals surface area contributed by atoms with Crippen LogP contribution >= 0.6 is 11.3 Å². The molecule has 2 aromatic heterocycles. The molecule has 0 aliphatic heterocycles. The number of nitrogens with one attached hydrogen (secondary N) is 1. The van der Waals surface area contributed by atoms with Crippen molar-refractivity contribution >= 4 is 33.3 Å². The van der Waals surface area contributed by atoms with Gasteiger partial charge in [0.15, 0.2) is 5.76 Å². The van der Waals surface area contributed by atoms with E-state index in [0.29, 0.717) is 10.7 Å². The van der Waals surface area contributed by atoms with Gasteiger partial charge in [0.1, 0.15) is 16.3 Å². The molecule has 3 rings (SSSR count). The van der Waals surface area contributed by atoms with Gasteiger partial charge < -0.3 is 9.15 Å². The molecule has 2 heterocycles. The summed E-state index contributed by atoms with van der Waals surface area (Å²) in [7, 11) is 1.61. The van der Waals surface area contributed by atoms with Crippen molar-refractivity contribution in [3.05, 3.63) is 34.5 Å². The van der Waals surface area contributed by atoms with Crippen molar-refractivity contribution < 1.29 is 13.9 Å². The third-order valence-corrected chi connectivity index (χ3v) is 4.93. The second kappa shape index (κ2) is 7.65. The maximum atomic E-state index is 12.5. The number of benzene rings is 1. The highest BCUT2D eigenvalue weighted by molar-refractivity contribution is 7.15. The average molecular weight is 359 g/mol. The molecule has 0 saturated heterocycles. The molecule has 0 spiro atoms. The third kappa shape index (κ3) is 3.82. The summed E-state index contributed by atoms with van der Waals surface area (Å²) in [5.41, 5.74) is 1.43. The maximum Gasteiger partial charge on any atom is 0.293 e. The molecule has 0 fully saturated rings. The number of fused-ring (bicyclic) bond motifs is 1. The highest BCUT2D eigenvalue weighted by Crippen LogP contribution is 2.29. The Balaban J connectivity index is 1.75. The number of aromatic nitrogens is 2. The summed E-state index contributed by atoms with van der Waals surface area (Å²) in [5.74, 6) is 0.694. The van der Waals surface area contributed by atoms with E-state index in [-0.39, 0.29) is 11.7 Å². The van der Waals surface area contributed by atoms with Crippen molar-refractivity contribution in [3.8, 4) is 5.75 Å². The summed E-state index contributed by atoms with van der Waals surface area (Å²) in [6, 6.07) is 5.47. The van der Waals surface area contributed by atoms with E-state index in [4.69, 9.17) is 9.15 Å². The normalized spacial score (nSPS) is 11.0. The number of unbranched alkanes of at least 4 members (excludes halogenated alkanes) is 2. The van der Waals surface area contributed by atoms with E-state index in [1.807, 2.05) is 13.0 Å². The molecule has 0 unspecified atom stereocenters. The molecular formula is C18H21N3O3S. The number of nitrogens with zero attached hydrogens (tertiary/aromatic N) is 2. The van der Waals surface area contributed by atoms with Gasteiger partial charge >= 0.3 is 0 Å². The monoisotopic (exact) mass is 359 g/mol. The molecular weight excluding hydrogens is 338 g/mol. The largest absolute Gasteiger partial charge is 0.497 e. The van der Waals surface area contributed by atoms with Crippen molar-refractivity contribution in [2.24, 2.45) is 0 Å². The van der Waals surface area contributed by atoms with E-state index in [1.165, 1.54) is 24.2 Å². The molecule has 3 aromatic rings. The molecule has 6 nitrogen and oxygen atoms in total. The lowest BCUT2D eigenvalue weighted by atomic mass is 10.1. The lowest BCUT2D eigenvalue weighted by Gasteiger charge is -1.99. The molecule has 0 aliphatic rings. The first-order valence-corrected chi connectivity index (χ1v) is 9.15. The molecule has 0 atom stereocenters. The smallest absolute Gasteiger partial charge is 0.293 e. The Labute approximate surface area is 150 Å². The Kier molecular flexibility index (Phi) is 5.33. The molecule has 0 radical (unpaired) electrons. The first-order chi connectivity index (χ1) is 12.1. The van der Waals surface area contributed by atoms with Crippen molar-refractivity contribution in [3.63, 3.8) is 0 Å². The molecule has 0 bridgehead atoms. The van der Waals surface area contributed by atoms with Crippen LogP contribution in [0.25, 0.3) is 11.0 Å². The van der Waals surface area contributed by atoms with Gasteiger partial charge in [-0.1, -0.05) is 31.1 Å². The highest BCUT2D eigenvalue weighted by Gasteiger charge is 2.19. The number of hydrogen-bond donors (Lipinski definition) is 1. The maximum absolute atomic E-state index is 12.5. The summed E-state index contributed by atoms with van der Waals surface area (Å²) < 4.78 is 10.9. The molecule has 0 saturated carbocycles. The predicted molar refractivity (Wildman–Crippen MR) is 98.6 cm³/mol. The van der Waals surface area contributed by atoms with Crippen LogP contribution in [0.4, 0.5) is 5.13 Å². The van der Waals surface area contributed by atoms with Gasteiger partial charge in [-0.15, -0.1) is 10.2 Å². The van der Waals surface area contributed by atoms with Gasteiger partial charge in [0.25, 0.3) is 5.91 Å². The van der Waals surface area contributed by atoms with Crippen LogP contribution in [0.2, 0.25) is 0 Å². The summed E-state index contributed by atoms with van der Waals surface area (Å²) in [5, 5.41) is 13.3. The van der Waals surface area contributed by atoms with E-state index in [0.717, 1.165) is 34.5 Å². The van der Waals surface area contributed by atoms with Crippen LogP contribution in [0.15, 0.2) is 22.6 Å². The first-order valence-electron chi connectivity index (χ1n) is 8.33. The zero-order valence-electron chi connectivity index (χ0n) is 14.6. The Bertz CT molecular complexity index is 885. The third-order valence-electron chi connectivity index (χ3n) is 4.03. The van der Waals surface area contributed by atoms with Gasteiger partial charge in [0.2, 0.25) is 5.13 Å². The van der Waals surface area contributed by atoms with Crippen molar-refractivity contribution in [2.75, 3.05) is 12.4 Å². The van der Waals surface area contributed by atoms with Crippen molar-refractivity contribution in [1.82, 2.24) is 10.2 Å². The van der Waals surface area contributed by atoms with Gasteiger partial charge in [-0.05, 0) is 31.5 Å². The number of methoxy groups -OCH3 is 1. The number of rotatable bonds is 7. The van der Waals surface area contributed by atoms with Crippen LogP contribution in [0.5, 0.6) is 5.75 Å². The zero-order chi connectivity index (χ0) is 17.8. The number of anilines is 1. The number of furan rings is 1. The van der Waals surface area contributed by atoms with Gasteiger partial charge in [0, 0.05) is 17.4 Å². The Morgan fingerprint density at radius 2 is 2.16 bits per heavy atom. The summed E-state index contributed by atoms with van der Waals surface area (Å²) in [6.45, 7) is 4.02. The first kappa shape index (κ1) is 17.4. The van der Waals surface area contributed by atoms with Gasteiger partial charge in [-0.2, -0.15) is 0 Å². The topological polar surface area (TPSA) is 77.3 Å². The minimum atomic E-state index is -0.316. The number of carbonyl (C=O) groups excluding carboxylic acids is 1. The number of aryl methyl sites for hydroxylation is 2. The summed E-state index contributed by atoms with van der Waals surface area (Å²) >= 11 is 1.41. The number of carbonyl (C=O) groups is 1. The Morgan fingerprint density at radius 3 is 2.92 bits per heavy atom.